The number of hydrogen-bond donors (Lipinski definition) is 1. The summed E-state index contributed by atoms with van der Waals surface area (Å²) in [6, 6.07) is 7.87. The highest BCUT2D eigenvalue weighted by Crippen LogP contribution is 2.42. The minimum absolute atomic E-state index is 0.184. The van der Waals surface area contributed by atoms with E-state index in [1.807, 2.05) is 65.0 Å². The summed E-state index contributed by atoms with van der Waals surface area (Å²) in [6.45, 7) is 14.1. The lowest BCUT2D eigenvalue weighted by molar-refractivity contribution is -0.00935. The molecule has 2 fully saturated rings. The Morgan fingerprint density at radius 3 is 2.24 bits per heavy atom. The van der Waals surface area contributed by atoms with Crippen molar-refractivity contribution in [3.8, 4) is 0 Å². The molecule has 0 bridgehead atoms. The standard InChI is InChI=1S/C27H38BNO5/c1-19(20-13-15-22(16-14-20)28-33-25(4,5)26(6,7)34-28)29-18-27(32-23(29)30,17-24(2,3)31)21-11-9-8-10-12-21/h9,11-16,19,31H,8,10,17-18H2,1-7H3/t19-,27-/m0/s1. The van der Waals surface area contributed by atoms with Crippen LogP contribution in [0.5, 0.6) is 0 Å². The maximum absolute atomic E-state index is 13.1. The number of amides is 1. The van der Waals surface area contributed by atoms with Crippen LogP contribution in [0.25, 0.3) is 0 Å². The number of ether oxygens (including phenoxy) is 1. The zero-order valence-electron chi connectivity index (χ0n) is 21.6. The summed E-state index contributed by atoms with van der Waals surface area (Å²) < 4.78 is 18.4. The third-order valence-electron chi connectivity index (χ3n) is 7.59. The first-order chi connectivity index (χ1) is 15.7. The average molecular weight is 467 g/mol. The zero-order valence-corrected chi connectivity index (χ0v) is 21.6. The van der Waals surface area contributed by atoms with Gasteiger partial charge in [0, 0.05) is 6.42 Å². The number of benzene rings is 1. The molecule has 0 radical (unpaired) electrons. The molecule has 0 aromatic heterocycles. The van der Waals surface area contributed by atoms with Gasteiger partial charge in [0.25, 0.3) is 0 Å². The molecule has 6 nitrogen and oxygen atoms in total. The van der Waals surface area contributed by atoms with Crippen molar-refractivity contribution in [2.75, 3.05) is 6.54 Å². The summed E-state index contributed by atoms with van der Waals surface area (Å²) in [4.78, 5) is 14.8. The van der Waals surface area contributed by atoms with Crippen LogP contribution in [0.15, 0.2) is 48.1 Å². The summed E-state index contributed by atoms with van der Waals surface area (Å²) in [7, 11) is -0.421. The first-order valence-corrected chi connectivity index (χ1v) is 12.3. The number of cyclic esters (lactones) is 1. The molecule has 2 aliphatic heterocycles. The van der Waals surface area contributed by atoms with Crippen molar-refractivity contribution < 1.29 is 23.9 Å². The summed E-state index contributed by atoms with van der Waals surface area (Å²) in [5, 5.41) is 10.6. The second kappa shape index (κ2) is 8.54. The van der Waals surface area contributed by atoms with E-state index in [0.717, 1.165) is 29.4 Å². The van der Waals surface area contributed by atoms with E-state index < -0.39 is 29.5 Å². The van der Waals surface area contributed by atoms with Gasteiger partial charge in [-0.1, -0.05) is 42.5 Å². The van der Waals surface area contributed by atoms with Crippen LogP contribution in [0.3, 0.4) is 0 Å². The van der Waals surface area contributed by atoms with E-state index in [1.165, 1.54) is 0 Å². The Morgan fingerprint density at radius 2 is 1.71 bits per heavy atom. The van der Waals surface area contributed by atoms with Crippen molar-refractivity contribution in [2.45, 2.75) is 96.2 Å². The highest BCUT2D eigenvalue weighted by atomic mass is 16.7. The van der Waals surface area contributed by atoms with Gasteiger partial charge in [-0.15, -0.1) is 0 Å². The first-order valence-electron chi connectivity index (χ1n) is 12.3. The predicted octanol–water partition coefficient (Wildman–Crippen LogP) is 4.68. The van der Waals surface area contributed by atoms with E-state index in [-0.39, 0.29) is 12.1 Å². The molecule has 2 saturated heterocycles. The summed E-state index contributed by atoms with van der Waals surface area (Å²) in [6.07, 6.45) is 8.15. The maximum Gasteiger partial charge on any atom is 0.494 e. The van der Waals surface area contributed by atoms with Crippen molar-refractivity contribution in [1.29, 1.82) is 0 Å². The SMILES string of the molecule is C[C@@H](c1ccc(B2OC(C)(C)C(C)(C)O2)cc1)N1C[C@@](CC(C)(C)O)(C2=CCCC=C2)OC1=O. The Hall–Kier alpha value is -2.09. The van der Waals surface area contributed by atoms with Crippen LogP contribution in [0.4, 0.5) is 4.79 Å². The molecule has 0 spiro atoms. The normalized spacial score (nSPS) is 27.1. The number of nitrogens with zero attached hydrogens (tertiary/aromatic N) is 1. The molecule has 0 saturated carbocycles. The molecule has 34 heavy (non-hydrogen) atoms. The molecule has 3 aliphatic rings. The fourth-order valence-corrected chi connectivity index (χ4v) is 4.98. The molecule has 4 rings (SSSR count). The summed E-state index contributed by atoms with van der Waals surface area (Å²) in [5.41, 5.74) is 0.306. The summed E-state index contributed by atoms with van der Waals surface area (Å²) in [5.74, 6) is 0. The molecular formula is C27H38BNO5. The lowest BCUT2D eigenvalue weighted by atomic mass is 9.78. The number of aliphatic hydroxyl groups is 1. The fourth-order valence-electron chi connectivity index (χ4n) is 4.98. The average Bonchev–Trinajstić information content (AvgIpc) is 3.19. The van der Waals surface area contributed by atoms with Crippen LogP contribution < -0.4 is 5.46 Å². The second-order valence-corrected chi connectivity index (χ2v) is 11.5. The van der Waals surface area contributed by atoms with Gasteiger partial charge in [-0.2, -0.15) is 0 Å². The van der Waals surface area contributed by atoms with E-state index in [4.69, 9.17) is 14.0 Å². The largest absolute Gasteiger partial charge is 0.494 e. The summed E-state index contributed by atoms with van der Waals surface area (Å²) >= 11 is 0. The number of carbonyl (C=O) groups is 1. The van der Waals surface area contributed by atoms with Gasteiger partial charge in [0.1, 0.15) is 0 Å². The molecule has 184 valence electrons. The van der Waals surface area contributed by atoms with Crippen molar-refractivity contribution in [2.24, 2.45) is 0 Å². The van der Waals surface area contributed by atoms with Gasteiger partial charge < -0.3 is 19.2 Å². The van der Waals surface area contributed by atoms with Crippen molar-refractivity contribution in [1.82, 2.24) is 4.90 Å². The van der Waals surface area contributed by atoms with E-state index in [9.17, 15) is 9.90 Å². The van der Waals surface area contributed by atoms with E-state index in [0.29, 0.717) is 13.0 Å². The van der Waals surface area contributed by atoms with Gasteiger partial charge in [0.15, 0.2) is 5.60 Å². The quantitative estimate of drug-likeness (QED) is 0.616. The first kappa shape index (κ1) is 25.0. The van der Waals surface area contributed by atoms with Gasteiger partial charge in [0.05, 0.1) is 29.4 Å². The van der Waals surface area contributed by atoms with Crippen LogP contribution in [-0.2, 0) is 14.0 Å². The third-order valence-corrected chi connectivity index (χ3v) is 7.59. The molecule has 7 heteroatoms. The van der Waals surface area contributed by atoms with E-state index >= 15 is 0 Å². The Bertz CT molecular complexity index is 975. The van der Waals surface area contributed by atoms with E-state index in [1.54, 1.807) is 18.7 Å². The predicted molar refractivity (Wildman–Crippen MR) is 134 cm³/mol. The molecule has 1 aromatic carbocycles. The molecule has 2 heterocycles. The topological polar surface area (TPSA) is 68.2 Å². The minimum Gasteiger partial charge on any atom is -0.436 e. The third kappa shape index (κ3) is 4.70. The van der Waals surface area contributed by atoms with Gasteiger partial charge in [0.2, 0.25) is 0 Å². The lowest BCUT2D eigenvalue weighted by Gasteiger charge is -2.35. The smallest absolute Gasteiger partial charge is 0.436 e. The Balaban J connectivity index is 1.54. The van der Waals surface area contributed by atoms with Crippen LogP contribution in [0, 0.1) is 0 Å². The Labute approximate surface area is 204 Å². The van der Waals surface area contributed by atoms with Crippen molar-refractivity contribution >= 4 is 18.7 Å². The van der Waals surface area contributed by atoms with Gasteiger partial charge in [-0.25, -0.2) is 4.79 Å². The van der Waals surface area contributed by atoms with E-state index in [2.05, 4.69) is 12.2 Å². The van der Waals surface area contributed by atoms with Gasteiger partial charge >= 0.3 is 13.2 Å². The van der Waals surface area contributed by atoms with Gasteiger partial charge in [-0.3, -0.25) is 4.90 Å². The molecule has 0 unspecified atom stereocenters. The van der Waals surface area contributed by atoms with Crippen molar-refractivity contribution in [3.63, 3.8) is 0 Å². The van der Waals surface area contributed by atoms with Crippen LogP contribution in [0.1, 0.15) is 79.3 Å². The number of hydrogen-bond acceptors (Lipinski definition) is 5. The van der Waals surface area contributed by atoms with Gasteiger partial charge in [-0.05, 0) is 77.9 Å². The highest BCUT2D eigenvalue weighted by molar-refractivity contribution is 6.62. The lowest BCUT2D eigenvalue weighted by Crippen LogP contribution is -2.43. The molecule has 1 N–H and O–H groups in total. The zero-order chi connectivity index (χ0) is 24.9. The number of allylic oxidation sites excluding steroid dienone is 2. The minimum atomic E-state index is -0.976. The second-order valence-electron chi connectivity index (χ2n) is 11.5. The number of rotatable bonds is 6. The van der Waals surface area contributed by atoms with Crippen LogP contribution >= 0.6 is 0 Å². The molecule has 1 amide bonds. The highest BCUT2D eigenvalue weighted by Gasteiger charge is 2.52. The molecular weight excluding hydrogens is 429 g/mol. The molecule has 2 atom stereocenters. The van der Waals surface area contributed by atoms with Crippen molar-refractivity contribution in [3.05, 3.63) is 53.6 Å². The number of carbonyl (C=O) groups excluding carboxylic acids is 1. The Kier molecular flexibility index (Phi) is 6.29. The monoisotopic (exact) mass is 467 g/mol. The van der Waals surface area contributed by atoms with Crippen LogP contribution in [0.2, 0.25) is 0 Å². The molecule has 1 aliphatic carbocycles. The maximum atomic E-state index is 13.1. The Morgan fingerprint density at radius 1 is 1.09 bits per heavy atom. The van der Waals surface area contributed by atoms with Crippen LogP contribution in [-0.4, -0.2) is 52.2 Å². The molecule has 1 aromatic rings. The fraction of sp³-hybridized carbons (Fsp3) is 0.593.